The van der Waals surface area contributed by atoms with Gasteiger partial charge in [0.05, 0.1) is 12.0 Å². The highest BCUT2D eigenvalue weighted by Crippen LogP contribution is 2.49. The van der Waals surface area contributed by atoms with Gasteiger partial charge in [0.15, 0.2) is 0 Å². The first-order valence-corrected chi connectivity index (χ1v) is 7.77. The lowest BCUT2D eigenvalue weighted by atomic mass is 9.92. The number of hydrogen-bond donors (Lipinski definition) is 2. The molecule has 1 fully saturated rings. The third kappa shape index (κ3) is 2.99. The summed E-state index contributed by atoms with van der Waals surface area (Å²) in [5.74, 6) is -0.575. The van der Waals surface area contributed by atoms with Crippen LogP contribution in [0.15, 0.2) is 54.6 Å². The Bertz CT molecular complexity index is 708. The molecular weight excluding hydrogens is 293 g/mol. The zero-order valence-electron chi connectivity index (χ0n) is 13.1. The first kappa shape index (κ1) is 15.7. The van der Waals surface area contributed by atoms with Gasteiger partial charge in [0.1, 0.15) is 11.4 Å². The lowest BCUT2D eigenvalue weighted by Crippen LogP contribution is -2.43. The van der Waals surface area contributed by atoms with E-state index in [9.17, 15) is 14.3 Å². The van der Waals surface area contributed by atoms with Crippen LogP contribution in [-0.2, 0) is 15.8 Å². The number of rotatable bonds is 5. The van der Waals surface area contributed by atoms with Gasteiger partial charge >= 0.3 is 0 Å². The predicted molar refractivity (Wildman–Crippen MR) is 86.3 cm³/mol. The Morgan fingerprint density at radius 2 is 1.78 bits per heavy atom. The zero-order valence-corrected chi connectivity index (χ0v) is 13.1. The van der Waals surface area contributed by atoms with Crippen molar-refractivity contribution >= 4 is 5.91 Å². The van der Waals surface area contributed by atoms with E-state index < -0.39 is 11.0 Å². The van der Waals surface area contributed by atoms with Gasteiger partial charge in [0, 0.05) is 5.56 Å². The molecule has 1 amide bonds. The second-order valence-corrected chi connectivity index (χ2v) is 6.38. The van der Waals surface area contributed by atoms with Crippen LogP contribution in [0.1, 0.15) is 30.9 Å². The minimum Gasteiger partial charge on any atom is -0.384 e. The number of carbonyl (C=O) groups is 1. The number of amides is 1. The van der Waals surface area contributed by atoms with E-state index >= 15 is 0 Å². The summed E-state index contributed by atoms with van der Waals surface area (Å²) in [6.07, 6.45) is 1.26. The largest absolute Gasteiger partial charge is 0.384 e. The summed E-state index contributed by atoms with van der Waals surface area (Å²) in [5.41, 5.74) is -0.770. The molecule has 0 aromatic heterocycles. The summed E-state index contributed by atoms with van der Waals surface area (Å²) >= 11 is 0. The third-order valence-electron chi connectivity index (χ3n) is 4.56. The fourth-order valence-electron chi connectivity index (χ4n) is 2.91. The van der Waals surface area contributed by atoms with Gasteiger partial charge in [-0.15, -0.1) is 0 Å². The number of aliphatic hydroxyl groups is 1. The van der Waals surface area contributed by atoms with Crippen LogP contribution >= 0.6 is 0 Å². The minimum atomic E-state index is -1.16. The summed E-state index contributed by atoms with van der Waals surface area (Å²) in [7, 11) is 0. The molecule has 4 heteroatoms. The van der Waals surface area contributed by atoms with Crippen molar-refractivity contribution in [2.75, 3.05) is 6.54 Å². The van der Waals surface area contributed by atoms with E-state index in [0.717, 1.165) is 5.56 Å². The van der Waals surface area contributed by atoms with Crippen molar-refractivity contribution in [3.63, 3.8) is 0 Å². The predicted octanol–water partition coefficient (Wildman–Crippen LogP) is 2.88. The van der Waals surface area contributed by atoms with Crippen LogP contribution in [0.5, 0.6) is 0 Å². The molecule has 0 heterocycles. The van der Waals surface area contributed by atoms with Crippen molar-refractivity contribution in [3.8, 4) is 0 Å². The summed E-state index contributed by atoms with van der Waals surface area (Å²) < 4.78 is 14.0. The lowest BCUT2D eigenvalue weighted by molar-refractivity contribution is -0.124. The average Bonchev–Trinajstić information content (AvgIpc) is 3.36. The topological polar surface area (TPSA) is 49.3 Å². The highest BCUT2D eigenvalue weighted by Gasteiger charge is 2.52. The number of hydrogen-bond acceptors (Lipinski definition) is 2. The smallest absolute Gasteiger partial charge is 0.230 e. The Morgan fingerprint density at radius 1 is 1.17 bits per heavy atom. The van der Waals surface area contributed by atoms with Crippen LogP contribution in [0.2, 0.25) is 0 Å². The molecule has 2 aromatic carbocycles. The average molecular weight is 313 g/mol. The number of halogens is 1. The molecule has 1 aliphatic rings. The molecule has 0 radical (unpaired) electrons. The summed E-state index contributed by atoms with van der Waals surface area (Å²) in [6.45, 7) is 1.75. The molecule has 0 saturated heterocycles. The Labute approximate surface area is 135 Å². The molecule has 0 bridgehead atoms. The number of carbonyl (C=O) groups excluding carboxylic acids is 1. The highest BCUT2D eigenvalue weighted by molar-refractivity contribution is 5.91. The van der Waals surface area contributed by atoms with Gasteiger partial charge in [-0.25, -0.2) is 4.39 Å². The fourth-order valence-corrected chi connectivity index (χ4v) is 2.91. The number of benzene rings is 2. The van der Waals surface area contributed by atoms with Crippen molar-refractivity contribution in [1.29, 1.82) is 0 Å². The SMILES string of the molecule is CC(O)(CNC(=O)C1(c2ccccc2F)CC1)c1ccccc1. The maximum Gasteiger partial charge on any atom is 0.230 e. The normalized spacial score (nSPS) is 18.0. The van der Waals surface area contributed by atoms with Crippen LogP contribution in [-0.4, -0.2) is 17.6 Å². The van der Waals surface area contributed by atoms with Crippen molar-refractivity contribution in [3.05, 3.63) is 71.5 Å². The maximum absolute atomic E-state index is 14.0. The standard InChI is InChI=1S/C19H20FNO2/c1-18(23,14-7-3-2-4-8-14)13-21-17(22)19(11-12-19)15-9-5-6-10-16(15)20/h2-10,23H,11-13H2,1H3,(H,21,22). The maximum atomic E-state index is 14.0. The van der Waals surface area contributed by atoms with E-state index in [2.05, 4.69) is 5.32 Å². The van der Waals surface area contributed by atoms with Gasteiger partial charge in [0.2, 0.25) is 5.91 Å². The van der Waals surface area contributed by atoms with Gasteiger partial charge in [-0.1, -0.05) is 48.5 Å². The molecule has 1 saturated carbocycles. The van der Waals surface area contributed by atoms with E-state index in [1.54, 1.807) is 25.1 Å². The van der Waals surface area contributed by atoms with Crippen LogP contribution < -0.4 is 5.32 Å². The van der Waals surface area contributed by atoms with E-state index in [0.29, 0.717) is 18.4 Å². The van der Waals surface area contributed by atoms with Gasteiger partial charge in [0.25, 0.3) is 0 Å². The Kier molecular flexibility index (Phi) is 3.94. The van der Waals surface area contributed by atoms with Gasteiger partial charge in [-0.2, -0.15) is 0 Å². The van der Waals surface area contributed by atoms with Gasteiger partial charge in [-0.3, -0.25) is 4.79 Å². The second kappa shape index (κ2) is 5.78. The molecule has 0 spiro atoms. The molecule has 1 aliphatic carbocycles. The van der Waals surface area contributed by atoms with E-state index in [-0.39, 0.29) is 18.3 Å². The van der Waals surface area contributed by atoms with Gasteiger partial charge < -0.3 is 10.4 Å². The quantitative estimate of drug-likeness (QED) is 0.892. The van der Waals surface area contributed by atoms with E-state index in [4.69, 9.17) is 0 Å². The molecule has 23 heavy (non-hydrogen) atoms. The summed E-state index contributed by atoms with van der Waals surface area (Å²) in [5, 5.41) is 13.4. The third-order valence-corrected chi connectivity index (χ3v) is 4.56. The molecule has 0 aliphatic heterocycles. The Morgan fingerprint density at radius 3 is 2.39 bits per heavy atom. The Hall–Kier alpha value is -2.20. The lowest BCUT2D eigenvalue weighted by Gasteiger charge is -2.26. The second-order valence-electron chi connectivity index (χ2n) is 6.38. The van der Waals surface area contributed by atoms with Crippen molar-refractivity contribution < 1.29 is 14.3 Å². The van der Waals surface area contributed by atoms with E-state index in [1.165, 1.54) is 6.07 Å². The minimum absolute atomic E-state index is 0.0893. The number of nitrogens with one attached hydrogen (secondary N) is 1. The molecular formula is C19H20FNO2. The molecule has 120 valence electrons. The molecule has 2 N–H and O–H groups in total. The first-order chi connectivity index (χ1) is 11.0. The van der Waals surface area contributed by atoms with Crippen LogP contribution in [0.4, 0.5) is 4.39 Å². The zero-order chi connectivity index (χ0) is 16.5. The summed E-state index contributed by atoms with van der Waals surface area (Å²) in [6, 6.07) is 15.6. The first-order valence-electron chi connectivity index (χ1n) is 7.77. The van der Waals surface area contributed by atoms with Crippen molar-refractivity contribution in [2.24, 2.45) is 0 Å². The molecule has 1 atom stereocenters. The van der Waals surface area contributed by atoms with Crippen LogP contribution in [0, 0.1) is 5.82 Å². The van der Waals surface area contributed by atoms with Crippen LogP contribution in [0.3, 0.4) is 0 Å². The monoisotopic (exact) mass is 313 g/mol. The van der Waals surface area contributed by atoms with Crippen LogP contribution in [0.25, 0.3) is 0 Å². The van der Waals surface area contributed by atoms with E-state index in [1.807, 2.05) is 30.3 Å². The Balaban J connectivity index is 1.72. The van der Waals surface area contributed by atoms with Crippen molar-refractivity contribution in [1.82, 2.24) is 5.32 Å². The summed E-state index contributed by atoms with van der Waals surface area (Å²) in [4.78, 5) is 12.6. The van der Waals surface area contributed by atoms with Gasteiger partial charge in [-0.05, 0) is 31.4 Å². The molecule has 3 rings (SSSR count). The molecule has 1 unspecified atom stereocenters. The molecule has 3 nitrogen and oxygen atoms in total. The molecule has 2 aromatic rings. The van der Waals surface area contributed by atoms with Crippen molar-refractivity contribution in [2.45, 2.75) is 30.8 Å². The highest BCUT2D eigenvalue weighted by atomic mass is 19.1. The fraction of sp³-hybridized carbons (Fsp3) is 0.316.